The van der Waals surface area contributed by atoms with Gasteiger partial charge in [0.2, 0.25) is 5.91 Å². The number of anilines is 5. The van der Waals surface area contributed by atoms with Crippen molar-refractivity contribution in [3.8, 4) is 24.7 Å². The van der Waals surface area contributed by atoms with E-state index < -0.39 is 21.7 Å². The van der Waals surface area contributed by atoms with Crippen LogP contribution in [0.3, 0.4) is 0 Å². The molecule has 0 aliphatic carbocycles. The van der Waals surface area contributed by atoms with Gasteiger partial charge in [-0.1, -0.05) is 60.4 Å². The number of sulfonamides is 1. The molecule has 0 saturated carbocycles. The summed E-state index contributed by atoms with van der Waals surface area (Å²) in [5, 5.41) is 8.64. The quantitative estimate of drug-likeness (QED) is 0.0522. The van der Waals surface area contributed by atoms with Crippen molar-refractivity contribution in [1.29, 1.82) is 0 Å². The summed E-state index contributed by atoms with van der Waals surface area (Å²) in [5.41, 5.74) is 2.60. The van der Waals surface area contributed by atoms with Crippen LogP contribution in [0.4, 0.5) is 33.2 Å². The van der Waals surface area contributed by atoms with Crippen LogP contribution in [0.1, 0.15) is 54.4 Å². The van der Waals surface area contributed by atoms with Gasteiger partial charge in [-0.2, -0.15) is 0 Å². The highest BCUT2D eigenvalue weighted by Crippen LogP contribution is 2.36. The van der Waals surface area contributed by atoms with E-state index >= 15 is 0 Å². The van der Waals surface area contributed by atoms with Crippen LogP contribution in [0.2, 0.25) is 0 Å². The lowest BCUT2D eigenvalue weighted by atomic mass is 10.0. The number of amides is 2. The molecule has 0 unspecified atom stereocenters. The summed E-state index contributed by atoms with van der Waals surface area (Å²) < 4.78 is 43.8. The molecule has 5 aromatic rings. The number of fused-ring (bicyclic) bond motifs is 2. The molecule has 0 bridgehead atoms. The summed E-state index contributed by atoms with van der Waals surface area (Å²) >= 11 is 0. The molecule has 15 heteroatoms. The molecule has 5 aromatic carbocycles. The van der Waals surface area contributed by atoms with Gasteiger partial charge in [0.25, 0.3) is 10.0 Å². The number of carbonyl (C=O) groups excluding carboxylic acids is 4. The molecule has 0 aliphatic rings. The normalized spacial score (nSPS) is 11.9. The van der Waals surface area contributed by atoms with Crippen LogP contribution in [-0.4, -0.2) is 77.4 Å². The van der Waals surface area contributed by atoms with Crippen molar-refractivity contribution in [2.75, 3.05) is 52.5 Å². The number of terminal acetylenes is 2. The SMILES string of the molecule is C#CCN(c1ccc(NC(=O)OC(C)(C)C)c2ccccc12)[C@@H](C)CC(=O)OC.C#CCN(c1ccc(NS(=O)(=O)c2ccc(NC(C)=O)cc2)c2ccccc12)[C@@H](C)CC(=O)OC. The van der Waals surface area contributed by atoms with Crippen molar-refractivity contribution in [1.82, 2.24) is 0 Å². The maximum Gasteiger partial charge on any atom is 0.412 e. The first-order chi connectivity index (χ1) is 30.3. The van der Waals surface area contributed by atoms with E-state index in [0.29, 0.717) is 29.0 Å². The molecule has 0 aromatic heterocycles. The van der Waals surface area contributed by atoms with Gasteiger partial charge in [-0.3, -0.25) is 24.4 Å². The first-order valence-electron chi connectivity index (χ1n) is 20.3. The monoisotopic (exact) mass is 889 g/mol. The number of ether oxygens (including phenoxy) is 3. The van der Waals surface area contributed by atoms with Crippen molar-refractivity contribution < 1.29 is 41.8 Å². The predicted molar refractivity (Wildman–Crippen MR) is 254 cm³/mol. The molecule has 5 rings (SSSR count). The Labute approximate surface area is 375 Å². The number of esters is 2. The standard InChI is InChI=1S/C26H27N3O5S.C23H28N2O4/c1-5-16-29(18(2)17-26(31)34-4)25-15-14-24(22-8-6-7-9-23(22)25)28-35(32,33)21-12-10-20(11-13-21)27-19(3)30;1-7-14-25(16(2)15-21(26)28-6)20-13-12-19(17-10-8-9-11-18(17)20)24-22(27)29-23(3,4)5/h1,6-15,18,28H,16-17H2,2-4H3,(H,27,30);1,8-13,16H,14-15H2,2-6H3,(H,24,27)/t18-;16-/m00/s1. The van der Waals surface area contributed by atoms with Gasteiger partial charge in [0.1, 0.15) is 5.60 Å². The number of methoxy groups -OCH3 is 2. The second-order valence-electron chi connectivity index (χ2n) is 15.7. The highest BCUT2D eigenvalue weighted by Gasteiger charge is 2.24. The van der Waals surface area contributed by atoms with Crippen molar-refractivity contribution in [3.05, 3.63) is 97.1 Å². The molecular formula is C49H55N5O9S. The fourth-order valence-electron chi connectivity index (χ4n) is 6.83. The summed E-state index contributed by atoms with van der Waals surface area (Å²) in [6.45, 7) is 11.2. The summed E-state index contributed by atoms with van der Waals surface area (Å²) in [7, 11) is -1.19. The van der Waals surface area contributed by atoms with Crippen LogP contribution in [0.5, 0.6) is 0 Å². The van der Waals surface area contributed by atoms with Gasteiger partial charge >= 0.3 is 18.0 Å². The van der Waals surface area contributed by atoms with Crippen molar-refractivity contribution in [3.63, 3.8) is 0 Å². The summed E-state index contributed by atoms with van der Waals surface area (Å²) in [6.07, 6.45) is 11.0. The zero-order valence-corrected chi connectivity index (χ0v) is 38.2. The fourth-order valence-corrected chi connectivity index (χ4v) is 7.91. The van der Waals surface area contributed by atoms with Gasteiger partial charge in [-0.05, 0) is 83.1 Å². The zero-order valence-electron chi connectivity index (χ0n) is 37.4. The molecular weight excluding hydrogens is 835 g/mol. The third kappa shape index (κ3) is 13.4. The molecule has 2 atom stereocenters. The summed E-state index contributed by atoms with van der Waals surface area (Å²) in [4.78, 5) is 51.0. The smallest absolute Gasteiger partial charge is 0.412 e. The fraction of sp³-hybridized carbons (Fsp3) is 0.306. The minimum Gasteiger partial charge on any atom is -0.469 e. The average molecular weight is 890 g/mol. The van der Waals surface area contributed by atoms with E-state index in [1.54, 1.807) is 12.1 Å². The Morgan fingerprint density at radius 2 is 1.09 bits per heavy atom. The Morgan fingerprint density at radius 1 is 0.656 bits per heavy atom. The van der Waals surface area contributed by atoms with E-state index in [4.69, 9.17) is 27.1 Å². The third-order valence-corrected chi connectivity index (χ3v) is 11.1. The van der Waals surface area contributed by atoms with E-state index in [9.17, 15) is 27.6 Å². The van der Waals surface area contributed by atoms with Gasteiger partial charge in [-0.25, -0.2) is 13.2 Å². The number of hydrogen-bond acceptors (Lipinski definition) is 11. The molecule has 0 aliphatic heterocycles. The lowest BCUT2D eigenvalue weighted by molar-refractivity contribution is -0.141. The Kier molecular flexibility index (Phi) is 17.2. The largest absolute Gasteiger partial charge is 0.469 e. The van der Waals surface area contributed by atoms with Crippen LogP contribution in [-0.2, 0) is 38.6 Å². The number of benzene rings is 5. The van der Waals surface area contributed by atoms with E-state index in [2.05, 4.69) is 27.2 Å². The Balaban J connectivity index is 0.000000286. The molecule has 64 heavy (non-hydrogen) atoms. The van der Waals surface area contributed by atoms with Gasteiger partial charge in [0.15, 0.2) is 0 Å². The topological polar surface area (TPSA) is 173 Å². The number of nitrogens with one attached hydrogen (secondary N) is 3. The molecule has 0 heterocycles. The van der Waals surface area contributed by atoms with Crippen molar-refractivity contribution in [2.24, 2.45) is 0 Å². The van der Waals surface area contributed by atoms with Gasteiger partial charge in [-0.15, -0.1) is 12.8 Å². The number of carbonyl (C=O) groups is 4. The second kappa shape index (κ2) is 22.2. The van der Waals surface area contributed by atoms with E-state index in [-0.39, 0.29) is 54.2 Å². The Bertz CT molecular complexity index is 2660. The summed E-state index contributed by atoms with van der Waals surface area (Å²) in [6, 6.07) is 27.7. The average Bonchev–Trinajstić information content (AvgIpc) is 3.24. The highest BCUT2D eigenvalue weighted by atomic mass is 32.2. The molecule has 0 radical (unpaired) electrons. The second-order valence-corrected chi connectivity index (χ2v) is 17.4. The maximum atomic E-state index is 13.1. The molecule has 14 nitrogen and oxygen atoms in total. The van der Waals surface area contributed by atoms with Gasteiger partial charge < -0.3 is 29.3 Å². The molecule has 0 fully saturated rings. The first-order valence-corrected chi connectivity index (χ1v) is 21.8. The molecule has 0 spiro atoms. The minimum atomic E-state index is -3.90. The van der Waals surface area contributed by atoms with Crippen LogP contribution >= 0.6 is 0 Å². The van der Waals surface area contributed by atoms with Crippen molar-refractivity contribution >= 4 is 83.9 Å². The van der Waals surface area contributed by atoms with Crippen molar-refractivity contribution in [2.45, 2.75) is 77.0 Å². The number of hydrogen-bond donors (Lipinski definition) is 3. The van der Waals surface area contributed by atoms with E-state index in [1.165, 1.54) is 45.4 Å². The summed E-state index contributed by atoms with van der Waals surface area (Å²) in [5.74, 6) is 4.40. The molecule has 3 N–H and O–H groups in total. The maximum absolute atomic E-state index is 13.1. The highest BCUT2D eigenvalue weighted by molar-refractivity contribution is 7.92. The molecule has 0 saturated heterocycles. The van der Waals surface area contributed by atoms with Gasteiger partial charge in [0.05, 0.1) is 56.4 Å². The van der Waals surface area contributed by atoms with Crippen LogP contribution in [0.15, 0.2) is 102 Å². The van der Waals surface area contributed by atoms with Gasteiger partial charge in [0, 0.05) is 57.6 Å². The zero-order chi connectivity index (χ0) is 47.2. The molecule has 2 amide bonds. The van der Waals surface area contributed by atoms with Crippen LogP contribution < -0.4 is 25.2 Å². The lowest BCUT2D eigenvalue weighted by Crippen LogP contribution is -2.35. The predicted octanol–water partition coefficient (Wildman–Crippen LogP) is 8.57. The first kappa shape index (κ1) is 49.4. The molecule has 336 valence electrons. The lowest BCUT2D eigenvalue weighted by Gasteiger charge is -2.30. The van der Waals surface area contributed by atoms with E-state index in [0.717, 1.165) is 27.5 Å². The van der Waals surface area contributed by atoms with Crippen LogP contribution in [0.25, 0.3) is 21.5 Å². The number of rotatable bonds is 15. The Hall–Kier alpha value is -7.23. The Morgan fingerprint density at radius 3 is 1.52 bits per heavy atom. The van der Waals surface area contributed by atoms with Crippen LogP contribution in [0, 0.1) is 24.7 Å². The minimum absolute atomic E-state index is 0.0559. The third-order valence-electron chi connectivity index (χ3n) is 9.75. The van der Waals surface area contributed by atoms with E-state index in [1.807, 2.05) is 105 Å². The number of nitrogens with zero attached hydrogens (tertiary/aromatic N) is 2.